The lowest BCUT2D eigenvalue weighted by atomic mass is 10.2. The average molecular weight is 279 g/mol. The first-order valence-corrected chi connectivity index (χ1v) is 6.58. The van der Waals surface area contributed by atoms with Crippen LogP contribution in [0.2, 0.25) is 0 Å². The molecule has 1 heterocycles. The summed E-state index contributed by atoms with van der Waals surface area (Å²) in [4.78, 5) is 18.9. The van der Waals surface area contributed by atoms with Gasteiger partial charge in [-0.05, 0) is 37.7 Å². The molecular formula is C13H14FN3OS. The second kappa shape index (κ2) is 5.99. The summed E-state index contributed by atoms with van der Waals surface area (Å²) < 4.78 is 13.5. The zero-order valence-corrected chi connectivity index (χ0v) is 11.5. The van der Waals surface area contributed by atoms with E-state index in [2.05, 4.69) is 15.3 Å². The molecule has 0 aliphatic rings. The molecule has 4 nitrogen and oxygen atoms in total. The summed E-state index contributed by atoms with van der Waals surface area (Å²) >= 11 is 1.24. The minimum atomic E-state index is -0.301. The van der Waals surface area contributed by atoms with Gasteiger partial charge in [-0.15, -0.1) is 0 Å². The molecule has 0 aliphatic heterocycles. The van der Waals surface area contributed by atoms with Crippen molar-refractivity contribution in [2.45, 2.75) is 23.5 Å². The fourth-order valence-corrected chi connectivity index (χ4v) is 2.64. The molecule has 19 heavy (non-hydrogen) atoms. The van der Waals surface area contributed by atoms with Crippen molar-refractivity contribution in [1.82, 2.24) is 15.3 Å². The highest BCUT2D eigenvalue weighted by molar-refractivity contribution is 7.99. The van der Waals surface area contributed by atoms with Crippen molar-refractivity contribution in [3.8, 4) is 0 Å². The fraction of sp³-hybridized carbons (Fsp3) is 0.231. The van der Waals surface area contributed by atoms with E-state index in [0.29, 0.717) is 22.3 Å². The Balaban J connectivity index is 2.29. The number of nitrogens with zero attached hydrogens (tertiary/aromatic N) is 1. The van der Waals surface area contributed by atoms with Gasteiger partial charge in [0.25, 0.3) is 5.56 Å². The summed E-state index contributed by atoms with van der Waals surface area (Å²) in [6, 6.07) is 6.19. The molecule has 0 bridgehead atoms. The molecule has 0 spiro atoms. The maximum atomic E-state index is 13.5. The minimum Gasteiger partial charge on any atom is -0.316 e. The van der Waals surface area contributed by atoms with Crippen molar-refractivity contribution >= 4 is 11.8 Å². The molecule has 0 aliphatic carbocycles. The maximum absolute atomic E-state index is 13.5. The van der Waals surface area contributed by atoms with Crippen molar-refractivity contribution in [1.29, 1.82) is 0 Å². The lowest BCUT2D eigenvalue weighted by molar-refractivity contribution is 0.619. The van der Waals surface area contributed by atoms with E-state index in [1.54, 1.807) is 14.0 Å². The van der Waals surface area contributed by atoms with Crippen LogP contribution >= 0.6 is 11.8 Å². The van der Waals surface area contributed by atoms with Gasteiger partial charge in [-0.1, -0.05) is 11.8 Å². The Labute approximate surface area is 114 Å². The van der Waals surface area contributed by atoms with Crippen molar-refractivity contribution < 1.29 is 4.39 Å². The molecule has 0 saturated carbocycles. The van der Waals surface area contributed by atoms with Gasteiger partial charge in [0.2, 0.25) is 0 Å². The zero-order valence-electron chi connectivity index (χ0n) is 10.7. The molecule has 2 aromatic rings. The number of halogens is 1. The van der Waals surface area contributed by atoms with Crippen LogP contribution in [0.15, 0.2) is 39.1 Å². The van der Waals surface area contributed by atoms with Crippen LogP contribution in [-0.4, -0.2) is 17.0 Å². The first-order chi connectivity index (χ1) is 9.06. The van der Waals surface area contributed by atoms with Crippen LogP contribution in [0.3, 0.4) is 0 Å². The Kier molecular flexibility index (Phi) is 4.34. The fourth-order valence-electron chi connectivity index (χ4n) is 1.70. The van der Waals surface area contributed by atoms with Crippen molar-refractivity contribution in [3.63, 3.8) is 0 Å². The molecule has 1 aromatic heterocycles. The molecule has 0 radical (unpaired) electrons. The first-order valence-electron chi connectivity index (χ1n) is 5.77. The molecule has 6 heteroatoms. The average Bonchev–Trinajstić information content (AvgIpc) is 2.26. The van der Waals surface area contributed by atoms with E-state index in [9.17, 15) is 9.18 Å². The molecule has 2 N–H and O–H groups in total. The van der Waals surface area contributed by atoms with Crippen LogP contribution in [0.4, 0.5) is 4.39 Å². The van der Waals surface area contributed by atoms with E-state index in [4.69, 9.17) is 0 Å². The number of hydrogen-bond acceptors (Lipinski definition) is 4. The van der Waals surface area contributed by atoms with Gasteiger partial charge in [-0.3, -0.25) is 4.79 Å². The monoisotopic (exact) mass is 279 g/mol. The van der Waals surface area contributed by atoms with Gasteiger partial charge in [0, 0.05) is 23.2 Å². The SMILES string of the molecule is CNCc1cc(F)cc(Sc2nc(C)cc(=O)[nH]2)c1. The summed E-state index contributed by atoms with van der Waals surface area (Å²) in [5.41, 5.74) is 1.28. The van der Waals surface area contributed by atoms with E-state index >= 15 is 0 Å². The highest BCUT2D eigenvalue weighted by Gasteiger charge is 2.05. The Morgan fingerprint density at radius 3 is 2.84 bits per heavy atom. The van der Waals surface area contributed by atoms with Gasteiger partial charge in [0.05, 0.1) is 0 Å². The number of nitrogens with one attached hydrogen (secondary N) is 2. The molecule has 0 fully saturated rings. The Hall–Kier alpha value is -1.66. The van der Waals surface area contributed by atoms with Crippen molar-refractivity contribution in [3.05, 3.63) is 51.7 Å². The van der Waals surface area contributed by atoms with Gasteiger partial charge >= 0.3 is 0 Å². The topological polar surface area (TPSA) is 57.8 Å². The van der Waals surface area contributed by atoms with Gasteiger partial charge in [0.1, 0.15) is 5.82 Å². The number of aromatic nitrogens is 2. The second-order valence-corrected chi connectivity index (χ2v) is 5.18. The largest absolute Gasteiger partial charge is 0.316 e. The minimum absolute atomic E-state index is 0.207. The summed E-state index contributed by atoms with van der Waals surface area (Å²) in [6.07, 6.45) is 0. The molecule has 1 aromatic carbocycles. The molecule has 0 unspecified atom stereocenters. The Bertz CT molecular complexity index is 642. The number of aromatic amines is 1. The lowest BCUT2D eigenvalue weighted by Crippen LogP contribution is -2.08. The highest BCUT2D eigenvalue weighted by atomic mass is 32.2. The molecule has 0 atom stereocenters. The van der Waals surface area contributed by atoms with E-state index in [-0.39, 0.29) is 11.4 Å². The normalized spacial score (nSPS) is 10.7. The highest BCUT2D eigenvalue weighted by Crippen LogP contribution is 2.25. The predicted molar refractivity (Wildman–Crippen MR) is 72.9 cm³/mol. The van der Waals surface area contributed by atoms with Crippen molar-refractivity contribution in [2.24, 2.45) is 0 Å². The second-order valence-electron chi connectivity index (χ2n) is 4.12. The van der Waals surface area contributed by atoms with Crippen LogP contribution in [0.5, 0.6) is 0 Å². The molecule has 2 rings (SSSR count). The van der Waals surface area contributed by atoms with Gasteiger partial charge in [-0.25, -0.2) is 9.37 Å². The smallest absolute Gasteiger partial charge is 0.251 e. The zero-order chi connectivity index (χ0) is 13.8. The third kappa shape index (κ3) is 3.90. The number of aryl methyl sites for hydroxylation is 1. The van der Waals surface area contributed by atoms with Crippen LogP contribution in [-0.2, 0) is 6.54 Å². The first kappa shape index (κ1) is 13.8. The Morgan fingerprint density at radius 2 is 2.16 bits per heavy atom. The summed E-state index contributed by atoms with van der Waals surface area (Å²) in [6.45, 7) is 2.33. The molecule has 0 amide bonds. The number of H-pyrrole nitrogens is 1. The molecule has 0 saturated heterocycles. The summed E-state index contributed by atoms with van der Waals surface area (Å²) in [5.74, 6) is -0.301. The van der Waals surface area contributed by atoms with Gasteiger partial charge in [0.15, 0.2) is 5.16 Å². The molecule has 100 valence electrons. The third-order valence-electron chi connectivity index (χ3n) is 2.37. The van der Waals surface area contributed by atoms with Gasteiger partial charge < -0.3 is 10.3 Å². The maximum Gasteiger partial charge on any atom is 0.251 e. The van der Waals surface area contributed by atoms with Crippen LogP contribution in [0.1, 0.15) is 11.3 Å². The summed E-state index contributed by atoms with van der Waals surface area (Å²) in [5, 5.41) is 3.44. The molecular weight excluding hydrogens is 265 g/mol. The quantitative estimate of drug-likeness (QED) is 0.841. The number of benzene rings is 1. The van der Waals surface area contributed by atoms with Crippen LogP contribution in [0.25, 0.3) is 0 Å². The van der Waals surface area contributed by atoms with E-state index in [1.165, 1.54) is 30.0 Å². The van der Waals surface area contributed by atoms with Crippen LogP contribution in [0, 0.1) is 12.7 Å². The Morgan fingerprint density at radius 1 is 1.37 bits per heavy atom. The van der Waals surface area contributed by atoms with E-state index in [0.717, 1.165) is 5.56 Å². The third-order valence-corrected chi connectivity index (χ3v) is 3.23. The van der Waals surface area contributed by atoms with E-state index < -0.39 is 0 Å². The lowest BCUT2D eigenvalue weighted by Gasteiger charge is -2.05. The number of hydrogen-bond donors (Lipinski definition) is 2. The van der Waals surface area contributed by atoms with E-state index in [1.807, 2.05) is 6.07 Å². The standard InChI is InChI=1S/C13H14FN3OS/c1-8-3-12(18)17-13(16-8)19-11-5-9(7-15-2)4-10(14)6-11/h3-6,15H,7H2,1-2H3,(H,16,17,18). The predicted octanol–water partition coefficient (Wildman–Crippen LogP) is 2.09. The van der Waals surface area contributed by atoms with Crippen molar-refractivity contribution in [2.75, 3.05) is 7.05 Å². The summed E-state index contributed by atoms with van der Waals surface area (Å²) in [7, 11) is 1.80. The van der Waals surface area contributed by atoms with Crippen LogP contribution < -0.4 is 10.9 Å². The number of rotatable bonds is 4. The van der Waals surface area contributed by atoms with Gasteiger partial charge in [-0.2, -0.15) is 0 Å².